The van der Waals surface area contributed by atoms with Crippen molar-refractivity contribution in [1.82, 2.24) is 9.55 Å². The Kier molecular flexibility index (Phi) is 6.61. The third kappa shape index (κ3) is 4.86. The van der Waals surface area contributed by atoms with Crippen LogP contribution in [0.4, 0.5) is 16.0 Å². The van der Waals surface area contributed by atoms with Crippen LogP contribution in [0.15, 0.2) is 29.1 Å². The highest BCUT2D eigenvalue weighted by Crippen LogP contribution is 2.19. The highest BCUT2D eigenvalue weighted by molar-refractivity contribution is 6.30. The fourth-order valence-corrected chi connectivity index (χ4v) is 3.00. The molecule has 1 aromatic heterocycles. The summed E-state index contributed by atoms with van der Waals surface area (Å²) in [5.41, 5.74) is 0.0593. The molecule has 28 heavy (non-hydrogen) atoms. The summed E-state index contributed by atoms with van der Waals surface area (Å²) >= 11 is 5.72. The second-order valence-electron chi connectivity index (χ2n) is 6.18. The topological polar surface area (TPSA) is 85.7 Å². The number of halogens is 2. The van der Waals surface area contributed by atoms with Crippen LogP contribution in [0.1, 0.15) is 5.69 Å². The van der Waals surface area contributed by atoms with Crippen LogP contribution in [-0.2, 0) is 27.4 Å². The Morgan fingerprint density at radius 1 is 1.36 bits per heavy atom. The molecule has 2 aromatic rings. The van der Waals surface area contributed by atoms with E-state index in [1.54, 1.807) is 0 Å². The van der Waals surface area contributed by atoms with Gasteiger partial charge in [-0.2, -0.15) is 0 Å². The second-order valence-corrected chi connectivity index (χ2v) is 6.61. The summed E-state index contributed by atoms with van der Waals surface area (Å²) in [6.45, 7) is 1.93. The van der Waals surface area contributed by atoms with Crippen LogP contribution in [0, 0.1) is 5.82 Å². The van der Waals surface area contributed by atoms with Crippen molar-refractivity contribution < 1.29 is 18.7 Å². The third-order valence-electron chi connectivity index (χ3n) is 4.13. The molecule has 0 atom stereocenters. The fourth-order valence-electron chi connectivity index (χ4n) is 2.84. The first-order valence-corrected chi connectivity index (χ1v) is 9.03. The van der Waals surface area contributed by atoms with Crippen molar-refractivity contribution in [2.45, 2.75) is 13.2 Å². The van der Waals surface area contributed by atoms with Crippen LogP contribution >= 0.6 is 11.6 Å². The van der Waals surface area contributed by atoms with Crippen molar-refractivity contribution >= 4 is 29.1 Å². The lowest BCUT2D eigenvalue weighted by molar-refractivity contribution is -0.116. The monoisotopic (exact) mass is 410 g/mol. The zero-order valence-corrected chi connectivity index (χ0v) is 16.0. The molecule has 1 aliphatic heterocycles. The van der Waals surface area contributed by atoms with Crippen LogP contribution in [0.25, 0.3) is 0 Å². The highest BCUT2D eigenvalue weighted by atomic mass is 35.5. The van der Waals surface area contributed by atoms with E-state index in [1.807, 2.05) is 4.90 Å². The summed E-state index contributed by atoms with van der Waals surface area (Å²) in [7, 11) is 1.51. The number of nitrogens with zero attached hydrogens (tertiary/aromatic N) is 3. The van der Waals surface area contributed by atoms with Gasteiger partial charge in [-0.1, -0.05) is 11.6 Å². The van der Waals surface area contributed by atoms with Gasteiger partial charge in [-0.3, -0.25) is 14.2 Å². The molecular formula is C18H20ClFN4O4. The number of hydrogen-bond acceptors (Lipinski definition) is 6. The molecule has 0 aliphatic carbocycles. The van der Waals surface area contributed by atoms with Gasteiger partial charge in [0.15, 0.2) is 0 Å². The molecule has 1 aromatic carbocycles. The summed E-state index contributed by atoms with van der Waals surface area (Å²) in [6.07, 6.45) is 0. The van der Waals surface area contributed by atoms with Gasteiger partial charge in [-0.15, -0.1) is 0 Å². The molecule has 150 valence electrons. The quantitative estimate of drug-likeness (QED) is 0.779. The third-order valence-corrected chi connectivity index (χ3v) is 4.37. The van der Waals surface area contributed by atoms with E-state index >= 15 is 0 Å². The van der Waals surface area contributed by atoms with Gasteiger partial charge >= 0.3 is 0 Å². The first-order chi connectivity index (χ1) is 13.5. The SMILES string of the molecule is COCc1cc(=O)n(CC(=O)Nc2ccc(Cl)cc2F)c(N2CCOCC2)n1. The molecule has 1 amide bonds. The van der Waals surface area contributed by atoms with Crippen LogP contribution in [0.2, 0.25) is 5.02 Å². The zero-order chi connectivity index (χ0) is 20.1. The van der Waals surface area contributed by atoms with Gasteiger partial charge in [0.2, 0.25) is 11.9 Å². The van der Waals surface area contributed by atoms with Crippen LogP contribution in [-0.4, -0.2) is 48.9 Å². The Bertz CT molecular complexity index is 915. The summed E-state index contributed by atoms with van der Waals surface area (Å²) in [5, 5.41) is 2.68. The lowest BCUT2D eigenvalue weighted by Crippen LogP contribution is -2.42. The van der Waals surface area contributed by atoms with Crippen molar-refractivity contribution in [3.63, 3.8) is 0 Å². The molecule has 3 rings (SSSR count). The lowest BCUT2D eigenvalue weighted by Gasteiger charge is -2.29. The van der Waals surface area contributed by atoms with Crippen molar-refractivity contribution in [2.24, 2.45) is 0 Å². The van der Waals surface area contributed by atoms with Gasteiger partial charge in [0.25, 0.3) is 5.56 Å². The van der Waals surface area contributed by atoms with Gasteiger partial charge in [0.05, 0.1) is 31.2 Å². The number of benzene rings is 1. The standard InChI is InChI=1S/C18H20ClFN4O4/c1-27-11-13-9-17(26)24(18(21-13)23-4-6-28-7-5-23)10-16(25)22-15-3-2-12(19)8-14(15)20/h2-3,8-9H,4-7,10-11H2,1H3,(H,22,25). The van der Waals surface area contributed by atoms with E-state index in [0.29, 0.717) is 37.9 Å². The van der Waals surface area contributed by atoms with Gasteiger partial charge in [-0.05, 0) is 18.2 Å². The summed E-state index contributed by atoms with van der Waals surface area (Å²) in [4.78, 5) is 31.4. The number of carbonyl (C=O) groups is 1. The Balaban J connectivity index is 1.86. The van der Waals surface area contributed by atoms with E-state index in [2.05, 4.69) is 10.3 Å². The van der Waals surface area contributed by atoms with Gasteiger partial charge in [-0.25, -0.2) is 9.37 Å². The highest BCUT2D eigenvalue weighted by Gasteiger charge is 2.20. The molecule has 2 heterocycles. The van der Waals surface area contributed by atoms with Crippen LogP contribution < -0.4 is 15.8 Å². The Labute approximate surface area is 165 Å². The average molecular weight is 411 g/mol. The minimum absolute atomic E-state index is 0.0145. The molecule has 0 unspecified atom stereocenters. The number of methoxy groups -OCH3 is 1. The number of aromatic nitrogens is 2. The first-order valence-electron chi connectivity index (χ1n) is 8.65. The normalized spacial score (nSPS) is 14.2. The smallest absolute Gasteiger partial charge is 0.255 e. The number of nitrogens with one attached hydrogen (secondary N) is 1. The maximum Gasteiger partial charge on any atom is 0.255 e. The van der Waals surface area contributed by atoms with Gasteiger partial charge < -0.3 is 19.7 Å². The van der Waals surface area contributed by atoms with E-state index in [4.69, 9.17) is 21.1 Å². The van der Waals surface area contributed by atoms with Gasteiger partial charge in [0, 0.05) is 31.3 Å². The minimum atomic E-state index is -0.657. The van der Waals surface area contributed by atoms with Crippen molar-refractivity contribution in [1.29, 1.82) is 0 Å². The van der Waals surface area contributed by atoms with Crippen molar-refractivity contribution in [3.05, 3.63) is 51.2 Å². The number of amides is 1. The Morgan fingerprint density at radius 3 is 2.79 bits per heavy atom. The fraction of sp³-hybridized carbons (Fsp3) is 0.389. The predicted molar refractivity (Wildman–Crippen MR) is 102 cm³/mol. The molecule has 0 spiro atoms. The summed E-state index contributed by atoms with van der Waals surface area (Å²) < 4.78 is 25.6. The van der Waals surface area contributed by atoms with Crippen molar-refractivity contribution in [2.75, 3.05) is 43.6 Å². The molecule has 0 bridgehead atoms. The number of carbonyl (C=O) groups excluding carboxylic acids is 1. The van der Waals surface area contributed by atoms with E-state index < -0.39 is 17.3 Å². The zero-order valence-electron chi connectivity index (χ0n) is 15.3. The lowest BCUT2D eigenvalue weighted by atomic mass is 10.3. The molecular weight excluding hydrogens is 391 g/mol. The first kappa shape index (κ1) is 20.2. The van der Waals surface area contributed by atoms with E-state index in [-0.39, 0.29) is 23.9 Å². The molecule has 0 radical (unpaired) electrons. The molecule has 1 saturated heterocycles. The summed E-state index contributed by atoms with van der Waals surface area (Å²) in [6, 6.07) is 5.25. The van der Waals surface area contributed by atoms with E-state index in [9.17, 15) is 14.0 Å². The molecule has 1 aliphatic rings. The molecule has 1 fully saturated rings. The number of anilines is 2. The van der Waals surface area contributed by atoms with E-state index in [0.717, 1.165) is 6.07 Å². The Hall–Kier alpha value is -2.49. The predicted octanol–water partition coefficient (Wildman–Crippen LogP) is 1.66. The van der Waals surface area contributed by atoms with Gasteiger partial charge in [0.1, 0.15) is 12.4 Å². The van der Waals surface area contributed by atoms with Crippen molar-refractivity contribution in [3.8, 4) is 0 Å². The number of morpholine rings is 1. The number of ether oxygens (including phenoxy) is 2. The number of rotatable bonds is 6. The van der Waals surface area contributed by atoms with Crippen LogP contribution in [0.5, 0.6) is 0 Å². The Morgan fingerprint density at radius 2 is 2.11 bits per heavy atom. The molecule has 10 heteroatoms. The largest absolute Gasteiger partial charge is 0.378 e. The minimum Gasteiger partial charge on any atom is -0.378 e. The summed E-state index contributed by atoms with van der Waals surface area (Å²) in [5.74, 6) is -0.858. The molecule has 8 nitrogen and oxygen atoms in total. The second kappa shape index (κ2) is 9.13. The number of hydrogen-bond donors (Lipinski definition) is 1. The molecule has 0 saturated carbocycles. The maximum absolute atomic E-state index is 13.9. The maximum atomic E-state index is 13.9. The van der Waals surface area contributed by atoms with Crippen LogP contribution in [0.3, 0.4) is 0 Å². The van der Waals surface area contributed by atoms with E-state index in [1.165, 1.54) is 29.9 Å². The molecule has 1 N–H and O–H groups in total. The average Bonchev–Trinajstić information content (AvgIpc) is 2.67.